The molecule has 1 fully saturated rings. The summed E-state index contributed by atoms with van der Waals surface area (Å²) in [6, 6.07) is 7.46. The summed E-state index contributed by atoms with van der Waals surface area (Å²) in [5, 5.41) is 12.2. The van der Waals surface area contributed by atoms with Crippen molar-refractivity contribution in [1.82, 2.24) is 0 Å². The zero-order valence-electron chi connectivity index (χ0n) is 12.6. The maximum atomic E-state index is 12.0. The number of aromatic hydroxyl groups is 1. The van der Waals surface area contributed by atoms with E-state index in [2.05, 4.69) is 0 Å². The lowest BCUT2D eigenvalue weighted by Crippen LogP contribution is -2.24. The van der Waals surface area contributed by atoms with Crippen molar-refractivity contribution in [3.05, 3.63) is 40.4 Å². The van der Waals surface area contributed by atoms with Gasteiger partial charge >= 0.3 is 5.97 Å². The van der Waals surface area contributed by atoms with E-state index in [0.29, 0.717) is 17.6 Å². The topological polar surface area (TPSA) is 59.1 Å². The van der Waals surface area contributed by atoms with Crippen LogP contribution in [0.15, 0.2) is 24.3 Å². The first-order valence-electron chi connectivity index (χ1n) is 7.16. The van der Waals surface area contributed by atoms with E-state index in [9.17, 15) is 9.90 Å². The number of esters is 1. The third-order valence-corrected chi connectivity index (χ3v) is 4.57. The van der Waals surface area contributed by atoms with Crippen LogP contribution in [0.25, 0.3) is 10.8 Å². The van der Waals surface area contributed by atoms with Crippen molar-refractivity contribution < 1.29 is 19.4 Å². The van der Waals surface area contributed by atoms with Gasteiger partial charge < -0.3 is 14.6 Å². The van der Waals surface area contributed by atoms with Gasteiger partial charge in [0.1, 0.15) is 11.9 Å². The molecule has 1 N–H and O–H groups in total. The van der Waals surface area contributed by atoms with Gasteiger partial charge in [0.25, 0.3) is 0 Å². The highest BCUT2D eigenvalue weighted by molar-refractivity contribution is 6.34. The van der Waals surface area contributed by atoms with Crippen LogP contribution in [-0.4, -0.2) is 23.3 Å². The fraction of sp³-hybridized carbons (Fsp3) is 0.353. The Morgan fingerprint density at radius 3 is 2.68 bits per heavy atom. The summed E-state index contributed by atoms with van der Waals surface area (Å²) in [7, 11) is 0. The summed E-state index contributed by atoms with van der Waals surface area (Å²) >= 11 is 6.34. The Bertz CT molecular complexity index is 771. The average molecular weight is 321 g/mol. The van der Waals surface area contributed by atoms with Gasteiger partial charge in [-0.2, -0.15) is 0 Å². The van der Waals surface area contributed by atoms with E-state index < -0.39 is 17.7 Å². The Balaban J connectivity index is 2.12. The van der Waals surface area contributed by atoms with Crippen molar-refractivity contribution >= 4 is 28.3 Å². The fourth-order valence-electron chi connectivity index (χ4n) is 2.86. The molecule has 2 aromatic carbocycles. The lowest BCUT2D eigenvalue weighted by atomic mass is 9.92. The second-order valence-corrected chi connectivity index (χ2v) is 5.95. The van der Waals surface area contributed by atoms with Crippen LogP contribution in [0.4, 0.5) is 0 Å². The molecule has 0 saturated carbocycles. The van der Waals surface area contributed by atoms with E-state index in [0.717, 1.165) is 10.9 Å². The van der Waals surface area contributed by atoms with Crippen LogP contribution in [-0.2, 0) is 14.3 Å². The molecule has 0 spiro atoms. The molecule has 1 saturated heterocycles. The van der Waals surface area contributed by atoms with Gasteiger partial charge in [-0.15, -0.1) is 0 Å². The quantitative estimate of drug-likeness (QED) is 0.688. The van der Waals surface area contributed by atoms with E-state index in [-0.39, 0.29) is 10.8 Å². The van der Waals surface area contributed by atoms with Gasteiger partial charge in [0.05, 0.1) is 11.6 Å². The largest absolute Gasteiger partial charge is 0.506 e. The molecule has 0 bridgehead atoms. The molecule has 4 nitrogen and oxygen atoms in total. The van der Waals surface area contributed by atoms with Gasteiger partial charge in [0, 0.05) is 10.9 Å². The van der Waals surface area contributed by atoms with Crippen LogP contribution in [0.2, 0.25) is 5.02 Å². The zero-order valence-corrected chi connectivity index (χ0v) is 13.4. The number of ether oxygens (including phenoxy) is 2. The normalized spacial score (nSPS) is 23.5. The first-order valence-corrected chi connectivity index (χ1v) is 7.54. The molecule has 2 atom stereocenters. The molecule has 2 aromatic rings. The molecule has 0 aliphatic carbocycles. The van der Waals surface area contributed by atoms with Crippen LogP contribution in [0, 0.1) is 6.92 Å². The fourth-order valence-corrected chi connectivity index (χ4v) is 3.20. The number of hydrogen-bond donors (Lipinski definition) is 1. The predicted octanol–water partition coefficient (Wildman–Crippen LogP) is 3.90. The highest BCUT2D eigenvalue weighted by Crippen LogP contribution is 2.55. The summed E-state index contributed by atoms with van der Waals surface area (Å²) < 4.78 is 10.6. The molecule has 5 heteroatoms. The predicted molar refractivity (Wildman–Crippen MR) is 84.2 cm³/mol. The molecular weight excluding hydrogens is 304 g/mol. The number of phenolic OH excluding ortho intramolecular Hbond substituents is 1. The highest BCUT2D eigenvalue weighted by Gasteiger charge is 2.62. The van der Waals surface area contributed by atoms with Crippen LogP contribution in [0.5, 0.6) is 5.75 Å². The second-order valence-electron chi connectivity index (χ2n) is 5.57. The Labute approximate surface area is 133 Å². The Kier molecular flexibility index (Phi) is 3.54. The van der Waals surface area contributed by atoms with E-state index in [1.807, 2.05) is 31.2 Å². The van der Waals surface area contributed by atoms with Gasteiger partial charge in [-0.25, -0.2) is 4.79 Å². The monoisotopic (exact) mass is 320 g/mol. The van der Waals surface area contributed by atoms with Crippen molar-refractivity contribution in [1.29, 1.82) is 0 Å². The minimum atomic E-state index is -1.04. The third kappa shape index (κ3) is 2.06. The lowest BCUT2D eigenvalue weighted by molar-refractivity contribution is -0.148. The molecular formula is C17H17ClO4. The van der Waals surface area contributed by atoms with Crippen LogP contribution >= 0.6 is 11.6 Å². The first kappa shape index (κ1) is 15.1. The van der Waals surface area contributed by atoms with Crippen LogP contribution in [0.3, 0.4) is 0 Å². The number of phenols is 1. The molecule has 1 heterocycles. The number of aryl methyl sites for hydroxylation is 1. The van der Waals surface area contributed by atoms with Crippen LogP contribution < -0.4 is 0 Å². The van der Waals surface area contributed by atoms with Crippen molar-refractivity contribution in [3.63, 3.8) is 0 Å². The summed E-state index contributed by atoms with van der Waals surface area (Å²) in [6.45, 7) is 5.63. The minimum Gasteiger partial charge on any atom is -0.506 e. The third-order valence-electron chi connectivity index (χ3n) is 4.18. The Morgan fingerprint density at radius 2 is 2.05 bits per heavy atom. The van der Waals surface area contributed by atoms with Crippen LogP contribution in [0.1, 0.15) is 31.1 Å². The minimum absolute atomic E-state index is 0.0135. The number of rotatable bonds is 3. The summed E-state index contributed by atoms with van der Waals surface area (Å²) in [5.41, 5.74) is 0.504. The number of carbonyl (C=O) groups excluding carboxylic acids is 1. The highest BCUT2D eigenvalue weighted by atomic mass is 35.5. The number of benzene rings is 2. The molecule has 116 valence electrons. The Morgan fingerprint density at radius 1 is 1.41 bits per heavy atom. The molecule has 1 aliphatic heterocycles. The maximum absolute atomic E-state index is 12.0. The number of carbonyl (C=O) groups is 1. The van der Waals surface area contributed by atoms with Gasteiger partial charge in [-0.1, -0.05) is 35.9 Å². The molecule has 0 radical (unpaired) electrons. The second kappa shape index (κ2) is 5.14. The zero-order chi connectivity index (χ0) is 16.1. The summed E-state index contributed by atoms with van der Waals surface area (Å²) in [6.07, 6.45) is -0.505. The first-order chi connectivity index (χ1) is 10.4. The number of hydrogen-bond acceptors (Lipinski definition) is 4. The molecule has 3 rings (SSSR count). The van der Waals surface area contributed by atoms with Crippen molar-refractivity contribution in [2.24, 2.45) is 0 Å². The Hall–Kier alpha value is -1.78. The lowest BCUT2D eigenvalue weighted by Gasteiger charge is -2.14. The summed E-state index contributed by atoms with van der Waals surface area (Å²) in [5.74, 6) is -0.400. The molecule has 2 unspecified atom stereocenters. The van der Waals surface area contributed by atoms with E-state index in [1.165, 1.54) is 0 Å². The van der Waals surface area contributed by atoms with Gasteiger partial charge in [-0.05, 0) is 31.7 Å². The number of epoxide rings is 1. The van der Waals surface area contributed by atoms with E-state index in [4.69, 9.17) is 21.1 Å². The van der Waals surface area contributed by atoms with Crippen molar-refractivity contribution in [2.75, 3.05) is 6.61 Å². The molecule has 0 aromatic heterocycles. The van der Waals surface area contributed by atoms with Gasteiger partial charge in [0.2, 0.25) is 0 Å². The van der Waals surface area contributed by atoms with Crippen molar-refractivity contribution in [2.45, 2.75) is 32.5 Å². The molecule has 1 aliphatic rings. The summed E-state index contributed by atoms with van der Waals surface area (Å²) in [4.78, 5) is 12.0. The smallest absolute Gasteiger partial charge is 0.341 e. The SMILES string of the molecule is CCOC(=O)C1(C)OC1c1c(Cl)c(O)c2ccccc2c1C. The standard InChI is InChI=1S/C17H17ClO4/c1-4-21-16(20)17(3)15(22-17)12-9(2)10-7-5-6-8-11(10)14(19)13(12)18/h5-8,15,19H,4H2,1-3H3. The number of fused-ring (bicyclic) bond motifs is 1. The van der Waals surface area contributed by atoms with E-state index >= 15 is 0 Å². The molecule has 22 heavy (non-hydrogen) atoms. The van der Waals surface area contributed by atoms with Gasteiger partial charge in [0.15, 0.2) is 5.60 Å². The van der Waals surface area contributed by atoms with E-state index in [1.54, 1.807) is 13.8 Å². The maximum Gasteiger partial charge on any atom is 0.341 e. The molecule has 0 amide bonds. The average Bonchev–Trinajstić information content (AvgIpc) is 3.18. The number of halogens is 1. The van der Waals surface area contributed by atoms with Crippen molar-refractivity contribution in [3.8, 4) is 5.75 Å². The van der Waals surface area contributed by atoms with Gasteiger partial charge in [-0.3, -0.25) is 0 Å².